The second-order valence-corrected chi connectivity index (χ2v) is 5.88. The van der Waals surface area contributed by atoms with Crippen LogP contribution in [0.15, 0.2) is 24.3 Å². The van der Waals surface area contributed by atoms with Crippen molar-refractivity contribution in [3.63, 3.8) is 0 Å². The first-order chi connectivity index (χ1) is 8.31. The molecule has 2 N–H and O–H groups in total. The van der Waals surface area contributed by atoms with E-state index in [4.69, 9.17) is 22.1 Å². The fourth-order valence-corrected chi connectivity index (χ4v) is 1.66. The monoisotopic (exact) mass is 269 g/mol. The molecule has 0 spiro atoms. The third kappa shape index (κ3) is 4.67. The normalized spacial score (nSPS) is 13.2. The van der Waals surface area contributed by atoms with Crippen LogP contribution in [0.5, 0.6) is 0 Å². The first-order valence-electron chi connectivity index (χ1n) is 5.98. The van der Waals surface area contributed by atoms with Crippen molar-refractivity contribution in [2.45, 2.75) is 33.2 Å². The molecule has 0 bridgehead atoms. The van der Waals surface area contributed by atoms with E-state index in [2.05, 4.69) is 20.8 Å². The number of nitrogens with two attached hydrogens (primary N) is 1. The Morgan fingerprint density at radius 1 is 1.39 bits per heavy atom. The molecule has 1 aromatic carbocycles. The summed E-state index contributed by atoms with van der Waals surface area (Å²) in [5, 5.41) is 0.484. The zero-order valence-corrected chi connectivity index (χ0v) is 11.8. The van der Waals surface area contributed by atoms with Gasteiger partial charge in [-0.3, -0.25) is 0 Å². The van der Waals surface area contributed by atoms with Gasteiger partial charge in [0.25, 0.3) is 0 Å². The van der Waals surface area contributed by atoms with Gasteiger partial charge in [-0.15, -0.1) is 0 Å². The van der Waals surface area contributed by atoms with Gasteiger partial charge >= 0.3 is 5.97 Å². The number of benzene rings is 1. The molecule has 3 nitrogen and oxygen atoms in total. The summed E-state index contributed by atoms with van der Waals surface area (Å²) in [4.78, 5) is 11.8. The Labute approximate surface area is 113 Å². The summed E-state index contributed by atoms with van der Waals surface area (Å²) in [7, 11) is 0. The van der Waals surface area contributed by atoms with Gasteiger partial charge in [0, 0.05) is 5.02 Å². The largest absolute Gasteiger partial charge is 0.464 e. The Morgan fingerprint density at radius 2 is 2.00 bits per heavy atom. The summed E-state index contributed by atoms with van der Waals surface area (Å²) in [6.45, 7) is 6.65. The van der Waals surface area contributed by atoms with E-state index in [0.717, 1.165) is 6.42 Å². The third-order valence-corrected chi connectivity index (χ3v) is 2.93. The van der Waals surface area contributed by atoms with E-state index in [1.165, 1.54) is 0 Å². The Hall–Kier alpha value is -1.06. The quantitative estimate of drug-likeness (QED) is 0.853. The molecule has 1 atom stereocenters. The standard InChI is InChI=1S/C14H20ClNO2/c1-14(2,3)8-9-18-13(17)12(16)10-6-4-5-7-11(10)15/h4-7,12H,8-9,16H2,1-3H3/t12-/m1/s1. The summed E-state index contributed by atoms with van der Waals surface area (Å²) in [6.07, 6.45) is 0.800. The van der Waals surface area contributed by atoms with Crippen LogP contribution in [0.2, 0.25) is 5.02 Å². The van der Waals surface area contributed by atoms with Gasteiger partial charge in [-0.1, -0.05) is 50.6 Å². The number of ether oxygens (including phenoxy) is 1. The minimum absolute atomic E-state index is 0.134. The van der Waals surface area contributed by atoms with Crippen LogP contribution >= 0.6 is 11.6 Å². The van der Waals surface area contributed by atoms with Crippen molar-refractivity contribution in [2.75, 3.05) is 6.61 Å². The highest BCUT2D eigenvalue weighted by Gasteiger charge is 2.20. The van der Waals surface area contributed by atoms with Crippen LogP contribution in [0.25, 0.3) is 0 Å². The van der Waals surface area contributed by atoms with Crippen LogP contribution in [0.4, 0.5) is 0 Å². The maximum atomic E-state index is 11.8. The van der Waals surface area contributed by atoms with Crippen molar-refractivity contribution in [2.24, 2.45) is 11.1 Å². The molecular weight excluding hydrogens is 250 g/mol. The highest BCUT2D eigenvalue weighted by atomic mass is 35.5. The topological polar surface area (TPSA) is 52.3 Å². The SMILES string of the molecule is CC(C)(C)CCOC(=O)[C@H](N)c1ccccc1Cl. The molecule has 0 heterocycles. The van der Waals surface area contributed by atoms with Gasteiger partial charge in [0.05, 0.1) is 6.61 Å². The number of rotatable bonds is 4. The van der Waals surface area contributed by atoms with Gasteiger partial charge in [-0.25, -0.2) is 4.79 Å². The molecule has 1 rings (SSSR count). The third-order valence-electron chi connectivity index (χ3n) is 2.59. The van der Waals surface area contributed by atoms with Gasteiger partial charge in [-0.05, 0) is 23.5 Å². The Morgan fingerprint density at radius 3 is 2.56 bits per heavy atom. The minimum atomic E-state index is -0.821. The number of carbonyl (C=O) groups excluding carboxylic acids is 1. The van der Waals surface area contributed by atoms with E-state index >= 15 is 0 Å². The summed E-state index contributed by atoms with van der Waals surface area (Å²) < 4.78 is 5.17. The second-order valence-electron chi connectivity index (χ2n) is 5.48. The van der Waals surface area contributed by atoms with Crippen molar-refractivity contribution in [3.05, 3.63) is 34.9 Å². The second kappa shape index (κ2) is 6.21. The Bertz CT molecular complexity index is 413. The van der Waals surface area contributed by atoms with Crippen LogP contribution in [0, 0.1) is 5.41 Å². The number of carbonyl (C=O) groups is 1. The number of hydrogen-bond acceptors (Lipinski definition) is 3. The zero-order chi connectivity index (χ0) is 13.8. The number of esters is 1. The van der Waals surface area contributed by atoms with Crippen LogP contribution in [0.3, 0.4) is 0 Å². The molecular formula is C14H20ClNO2. The average molecular weight is 270 g/mol. The molecule has 1 aromatic rings. The fraction of sp³-hybridized carbons (Fsp3) is 0.500. The van der Waals surface area contributed by atoms with E-state index in [1.807, 2.05) is 0 Å². The molecule has 0 aliphatic rings. The minimum Gasteiger partial charge on any atom is -0.464 e. The molecule has 0 aromatic heterocycles. The Kier molecular flexibility index (Phi) is 5.17. The van der Waals surface area contributed by atoms with Gasteiger partial charge in [0.15, 0.2) is 0 Å². The molecule has 0 fully saturated rings. The van der Waals surface area contributed by atoms with Gasteiger partial charge in [0.2, 0.25) is 0 Å². The van der Waals surface area contributed by atoms with Crippen LogP contribution in [-0.2, 0) is 9.53 Å². The summed E-state index contributed by atoms with van der Waals surface area (Å²) in [5.74, 6) is -0.438. The highest BCUT2D eigenvalue weighted by molar-refractivity contribution is 6.31. The lowest BCUT2D eigenvalue weighted by Gasteiger charge is -2.19. The molecule has 18 heavy (non-hydrogen) atoms. The van der Waals surface area contributed by atoms with Crippen molar-refractivity contribution in [3.8, 4) is 0 Å². The van der Waals surface area contributed by atoms with Crippen LogP contribution in [-0.4, -0.2) is 12.6 Å². The smallest absolute Gasteiger partial charge is 0.327 e. The number of halogens is 1. The molecule has 0 saturated heterocycles. The lowest BCUT2D eigenvalue weighted by molar-refractivity contribution is -0.146. The maximum Gasteiger partial charge on any atom is 0.327 e. The van der Waals surface area contributed by atoms with Crippen LogP contribution in [0.1, 0.15) is 38.8 Å². The van der Waals surface area contributed by atoms with Crippen molar-refractivity contribution in [1.29, 1.82) is 0 Å². The average Bonchev–Trinajstić information content (AvgIpc) is 2.27. The lowest BCUT2D eigenvalue weighted by atomic mass is 9.93. The molecule has 0 aliphatic heterocycles. The molecule has 100 valence electrons. The van der Waals surface area contributed by atoms with Gasteiger partial charge in [-0.2, -0.15) is 0 Å². The van der Waals surface area contributed by atoms with Crippen LogP contribution < -0.4 is 5.73 Å². The highest BCUT2D eigenvalue weighted by Crippen LogP contribution is 2.23. The van der Waals surface area contributed by atoms with E-state index in [0.29, 0.717) is 17.2 Å². The van der Waals surface area contributed by atoms with Gasteiger partial charge in [0.1, 0.15) is 6.04 Å². The lowest BCUT2D eigenvalue weighted by Crippen LogP contribution is -2.25. The number of hydrogen-bond donors (Lipinski definition) is 1. The first-order valence-corrected chi connectivity index (χ1v) is 6.36. The van der Waals surface area contributed by atoms with Crippen molar-refractivity contribution in [1.82, 2.24) is 0 Å². The molecule has 0 unspecified atom stereocenters. The van der Waals surface area contributed by atoms with E-state index in [-0.39, 0.29) is 5.41 Å². The fourth-order valence-electron chi connectivity index (χ4n) is 1.40. The summed E-state index contributed by atoms with van der Waals surface area (Å²) in [6, 6.07) is 6.21. The maximum absolute atomic E-state index is 11.8. The van der Waals surface area contributed by atoms with Gasteiger partial charge < -0.3 is 10.5 Å². The first kappa shape index (κ1) is 15.0. The molecule has 0 aliphatic carbocycles. The predicted octanol–water partition coefficient (Wildman–Crippen LogP) is 3.32. The molecule has 0 amide bonds. The van der Waals surface area contributed by atoms with Crippen molar-refractivity contribution >= 4 is 17.6 Å². The van der Waals surface area contributed by atoms with Crippen molar-refractivity contribution < 1.29 is 9.53 Å². The summed E-state index contributed by atoms with van der Waals surface area (Å²) in [5.41, 5.74) is 6.56. The van der Waals surface area contributed by atoms with E-state index < -0.39 is 12.0 Å². The molecule has 0 radical (unpaired) electrons. The molecule has 4 heteroatoms. The predicted molar refractivity (Wildman–Crippen MR) is 73.4 cm³/mol. The zero-order valence-electron chi connectivity index (χ0n) is 11.1. The Balaban J connectivity index is 2.55. The summed E-state index contributed by atoms with van der Waals surface area (Å²) >= 11 is 5.98. The van der Waals surface area contributed by atoms with E-state index in [1.54, 1.807) is 24.3 Å². The van der Waals surface area contributed by atoms with E-state index in [9.17, 15) is 4.79 Å². The molecule has 0 saturated carbocycles.